The molecule has 9 heteroatoms. The van der Waals surface area contributed by atoms with Crippen LogP contribution in [0.5, 0.6) is 0 Å². The van der Waals surface area contributed by atoms with Gasteiger partial charge in [-0.15, -0.1) is 0 Å². The van der Waals surface area contributed by atoms with E-state index in [1.54, 1.807) is 6.20 Å². The summed E-state index contributed by atoms with van der Waals surface area (Å²) in [6.45, 7) is 9.17. The van der Waals surface area contributed by atoms with Gasteiger partial charge in [-0.05, 0) is 51.8 Å². The molecule has 3 aromatic heterocycles. The third kappa shape index (κ3) is 4.64. The summed E-state index contributed by atoms with van der Waals surface area (Å²) in [4.78, 5) is 31.2. The van der Waals surface area contributed by atoms with E-state index in [0.29, 0.717) is 13.1 Å². The number of rotatable bonds is 5. The highest BCUT2D eigenvalue weighted by Gasteiger charge is 2.47. The molecule has 38 heavy (non-hydrogen) atoms. The number of nitrogens with one attached hydrogen (secondary N) is 1. The molecule has 6 rings (SSSR count). The molecular weight excluding hydrogens is 478 g/mol. The fourth-order valence-corrected chi connectivity index (χ4v) is 5.43. The van der Waals surface area contributed by atoms with Gasteiger partial charge in [-0.3, -0.25) is 4.40 Å². The number of hydrogen-bond acceptors (Lipinski definition) is 7. The number of pyridine rings is 1. The van der Waals surface area contributed by atoms with Crippen molar-refractivity contribution in [1.82, 2.24) is 24.3 Å². The van der Waals surface area contributed by atoms with E-state index >= 15 is 0 Å². The van der Waals surface area contributed by atoms with Gasteiger partial charge in [0.25, 0.3) is 0 Å². The number of carbonyl (C=O) groups excluding carboxylic acids is 1. The maximum atomic E-state index is 12.7. The minimum absolute atomic E-state index is 0.107. The smallest absolute Gasteiger partial charge is 0.410 e. The molecule has 5 heterocycles. The van der Waals surface area contributed by atoms with Gasteiger partial charge in [0.1, 0.15) is 17.1 Å². The quantitative estimate of drug-likeness (QED) is 0.396. The number of carbonyl (C=O) groups is 1. The van der Waals surface area contributed by atoms with Gasteiger partial charge in [-0.2, -0.15) is 0 Å². The molecule has 4 aromatic rings. The van der Waals surface area contributed by atoms with Crippen LogP contribution in [-0.2, 0) is 4.74 Å². The maximum absolute atomic E-state index is 12.7. The molecule has 3 atom stereocenters. The molecule has 0 spiro atoms. The normalized spacial score (nSPS) is 19.7. The average Bonchev–Trinajstić information content (AvgIpc) is 3.64. The number of likely N-dealkylation sites (tertiary alicyclic amines) is 1. The molecule has 1 N–H and O–H groups in total. The monoisotopic (exact) mass is 511 g/mol. The van der Waals surface area contributed by atoms with Crippen LogP contribution < -0.4 is 10.2 Å². The van der Waals surface area contributed by atoms with Crippen molar-refractivity contribution in [3.63, 3.8) is 0 Å². The summed E-state index contributed by atoms with van der Waals surface area (Å²) in [7, 11) is 0. The van der Waals surface area contributed by atoms with Crippen LogP contribution in [0.2, 0.25) is 0 Å². The first kappa shape index (κ1) is 24.2. The molecule has 2 bridgehead atoms. The number of amides is 1. The second kappa shape index (κ2) is 9.31. The van der Waals surface area contributed by atoms with Gasteiger partial charge in [-0.1, -0.05) is 30.3 Å². The first-order chi connectivity index (χ1) is 18.2. The van der Waals surface area contributed by atoms with Crippen molar-refractivity contribution in [1.29, 1.82) is 0 Å². The number of anilines is 2. The molecule has 196 valence electrons. The first-order valence-electron chi connectivity index (χ1n) is 13.1. The second-order valence-electron chi connectivity index (χ2n) is 11.1. The standard InChI is InChI=1S/C29H33N7O2/c1-19(20-8-6-5-7-9-20)32-25-14-21(10-11-30-25)24-16-26-31-12-13-34(26)27(33-24)35-17-23-15-22(35)18-36(23)28(37)38-29(2,3)4/h5-14,16,19,22-23H,15,17-18H2,1-4H3,(H,30,32)/t19?,22?,23-/m1/s1. The van der Waals surface area contributed by atoms with Crippen LogP contribution >= 0.6 is 0 Å². The Morgan fingerprint density at radius 2 is 1.87 bits per heavy atom. The lowest BCUT2D eigenvalue weighted by Crippen LogP contribution is -2.50. The summed E-state index contributed by atoms with van der Waals surface area (Å²) in [5, 5.41) is 3.50. The average molecular weight is 512 g/mol. The molecule has 0 radical (unpaired) electrons. The van der Waals surface area contributed by atoms with Crippen molar-refractivity contribution in [2.45, 2.75) is 57.8 Å². The van der Waals surface area contributed by atoms with Gasteiger partial charge in [0.05, 0.1) is 17.8 Å². The number of hydrogen-bond donors (Lipinski definition) is 1. The number of aromatic nitrogens is 4. The van der Waals surface area contributed by atoms with Gasteiger partial charge in [0.15, 0.2) is 0 Å². The van der Waals surface area contributed by atoms with E-state index in [1.165, 1.54) is 5.56 Å². The number of benzene rings is 1. The highest BCUT2D eigenvalue weighted by Crippen LogP contribution is 2.36. The molecule has 1 amide bonds. The van der Waals surface area contributed by atoms with Crippen molar-refractivity contribution < 1.29 is 9.53 Å². The zero-order valence-corrected chi connectivity index (χ0v) is 22.2. The van der Waals surface area contributed by atoms with E-state index < -0.39 is 5.60 Å². The predicted octanol–water partition coefficient (Wildman–Crippen LogP) is 5.16. The second-order valence-corrected chi connectivity index (χ2v) is 11.1. The summed E-state index contributed by atoms with van der Waals surface area (Å²) in [6.07, 6.45) is 6.22. The number of fused-ring (bicyclic) bond motifs is 3. The molecular formula is C29H33N7O2. The van der Waals surface area contributed by atoms with E-state index in [4.69, 9.17) is 9.72 Å². The van der Waals surface area contributed by atoms with Crippen LogP contribution in [0, 0.1) is 0 Å². The van der Waals surface area contributed by atoms with Crippen molar-refractivity contribution in [2.75, 3.05) is 23.3 Å². The van der Waals surface area contributed by atoms with Gasteiger partial charge in [0.2, 0.25) is 5.95 Å². The SMILES string of the molecule is CC(Nc1cc(-c2cc3nccn3c(N3C[C@H]4CC3CN4C(=O)OC(C)(C)C)n2)ccn1)c1ccccc1. The van der Waals surface area contributed by atoms with Crippen LogP contribution in [-0.4, -0.2) is 61.1 Å². The lowest BCUT2D eigenvalue weighted by atomic mass is 10.1. The van der Waals surface area contributed by atoms with E-state index in [0.717, 1.165) is 35.1 Å². The van der Waals surface area contributed by atoms with Crippen molar-refractivity contribution >= 4 is 23.5 Å². The highest BCUT2D eigenvalue weighted by molar-refractivity contribution is 5.71. The third-order valence-electron chi connectivity index (χ3n) is 7.22. The molecule has 0 aliphatic carbocycles. The molecule has 2 unspecified atom stereocenters. The number of imidazole rings is 1. The molecule has 1 aromatic carbocycles. The zero-order valence-electron chi connectivity index (χ0n) is 22.2. The van der Waals surface area contributed by atoms with Gasteiger partial charge < -0.3 is 19.9 Å². The van der Waals surface area contributed by atoms with Gasteiger partial charge in [0, 0.05) is 49.4 Å². The molecule has 0 saturated carbocycles. The van der Waals surface area contributed by atoms with Crippen LogP contribution in [0.1, 0.15) is 45.7 Å². The molecule has 2 aliphatic rings. The zero-order chi connectivity index (χ0) is 26.4. The van der Waals surface area contributed by atoms with Crippen LogP contribution in [0.25, 0.3) is 16.9 Å². The summed E-state index contributed by atoms with van der Waals surface area (Å²) in [5.41, 5.74) is 3.33. The molecule has 2 aliphatic heterocycles. The summed E-state index contributed by atoms with van der Waals surface area (Å²) >= 11 is 0. The van der Waals surface area contributed by atoms with E-state index in [2.05, 4.69) is 39.2 Å². The largest absolute Gasteiger partial charge is 0.444 e. The first-order valence-corrected chi connectivity index (χ1v) is 13.1. The Kier molecular flexibility index (Phi) is 5.93. The predicted molar refractivity (Wildman–Crippen MR) is 147 cm³/mol. The van der Waals surface area contributed by atoms with E-state index in [1.807, 2.05) is 78.9 Å². The minimum Gasteiger partial charge on any atom is -0.444 e. The Labute approximate surface area is 222 Å². The molecule has 2 saturated heterocycles. The Bertz CT molecular complexity index is 1460. The Morgan fingerprint density at radius 3 is 2.61 bits per heavy atom. The number of ether oxygens (including phenoxy) is 1. The van der Waals surface area contributed by atoms with Crippen molar-refractivity contribution in [3.05, 3.63) is 72.7 Å². The van der Waals surface area contributed by atoms with E-state index in [-0.39, 0.29) is 24.2 Å². The van der Waals surface area contributed by atoms with Crippen LogP contribution in [0.3, 0.4) is 0 Å². The van der Waals surface area contributed by atoms with Crippen LogP contribution in [0.15, 0.2) is 67.1 Å². The Balaban J connectivity index is 1.26. The van der Waals surface area contributed by atoms with Crippen molar-refractivity contribution in [2.24, 2.45) is 0 Å². The number of nitrogens with zero attached hydrogens (tertiary/aromatic N) is 6. The highest BCUT2D eigenvalue weighted by atomic mass is 16.6. The fourth-order valence-electron chi connectivity index (χ4n) is 5.43. The lowest BCUT2D eigenvalue weighted by molar-refractivity contribution is 0.0214. The Morgan fingerprint density at radius 1 is 1.05 bits per heavy atom. The summed E-state index contributed by atoms with van der Waals surface area (Å²) in [5.74, 6) is 1.63. The molecule has 9 nitrogen and oxygen atoms in total. The van der Waals surface area contributed by atoms with Gasteiger partial charge in [-0.25, -0.2) is 19.7 Å². The van der Waals surface area contributed by atoms with E-state index in [9.17, 15) is 4.79 Å². The van der Waals surface area contributed by atoms with Gasteiger partial charge >= 0.3 is 6.09 Å². The number of piperazine rings is 1. The Hall–Kier alpha value is -4.14. The summed E-state index contributed by atoms with van der Waals surface area (Å²) < 4.78 is 7.67. The third-order valence-corrected chi connectivity index (χ3v) is 7.22. The van der Waals surface area contributed by atoms with Crippen molar-refractivity contribution in [3.8, 4) is 11.3 Å². The maximum Gasteiger partial charge on any atom is 0.410 e. The lowest BCUT2D eigenvalue weighted by Gasteiger charge is -2.35. The summed E-state index contributed by atoms with van der Waals surface area (Å²) in [6, 6.07) is 16.7. The minimum atomic E-state index is -0.505. The fraction of sp³-hybridized carbons (Fsp3) is 0.379. The molecule has 2 fully saturated rings. The topological polar surface area (TPSA) is 87.9 Å². The van der Waals surface area contributed by atoms with Crippen LogP contribution in [0.4, 0.5) is 16.6 Å².